The van der Waals surface area contributed by atoms with Gasteiger partial charge in [0.05, 0.1) is 16.1 Å². The van der Waals surface area contributed by atoms with Gasteiger partial charge in [0.25, 0.3) is 0 Å². The first-order chi connectivity index (χ1) is 24.3. The molecule has 0 saturated carbocycles. The van der Waals surface area contributed by atoms with E-state index in [-0.39, 0.29) is 0 Å². The third-order valence-corrected chi connectivity index (χ3v) is 11.3. The lowest BCUT2D eigenvalue weighted by Gasteiger charge is -2.18. The second-order valence-corrected chi connectivity index (χ2v) is 14.1. The summed E-state index contributed by atoms with van der Waals surface area (Å²) in [6.07, 6.45) is 6.82. The van der Waals surface area contributed by atoms with Crippen molar-refractivity contribution in [1.82, 2.24) is 4.98 Å². The fraction of sp³-hybridized carbons (Fsp3) is 0.0426. The van der Waals surface area contributed by atoms with Crippen LogP contribution < -0.4 is 0 Å². The zero-order valence-electron chi connectivity index (χ0n) is 26.9. The van der Waals surface area contributed by atoms with E-state index in [2.05, 4.69) is 164 Å². The van der Waals surface area contributed by atoms with Gasteiger partial charge in [-0.25, -0.2) is 4.98 Å². The Labute approximate surface area is 289 Å². The Hall–Kier alpha value is -5.83. The van der Waals surface area contributed by atoms with Crippen molar-refractivity contribution in [3.63, 3.8) is 0 Å². The average molecular weight is 642 g/mol. The molecule has 1 aliphatic rings. The first-order valence-corrected chi connectivity index (χ1v) is 17.8. The zero-order valence-corrected chi connectivity index (χ0v) is 27.7. The summed E-state index contributed by atoms with van der Waals surface area (Å²) in [5.41, 5.74) is 12.0. The van der Waals surface area contributed by atoms with Crippen LogP contribution in [0.2, 0.25) is 0 Å². The van der Waals surface area contributed by atoms with E-state index >= 15 is 0 Å². The second-order valence-electron chi connectivity index (χ2n) is 13.0. The molecule has 7 aromatic carbocycles. The number of rotatable bonds is 4. The van der Waals surface area contributed by atoms with E-state index in [9.17, 15) is 0 Å². The van der Waals surface area contributed by atoms with Crippen molar-refractivity contribution in [3.8, 4) is 44.8 Å². The van der Waals surface area contributed by atoms with Gasteiger partial charge < -0.3 is 0 Å². The van der Waals surface area contributed by atoms with Gasteiger partial charge in [-0.3, -0.25) is 0 Å². The van der Waals surface area contributed by atoms with Crippen molar-refractivity contribution in [2.75, 3.05) is 0 Å². The topological polar surface area (TPSA) is 12.9 Å². The standard InChI is InChI=1S/C47H31NS/c1-3-12-30(13-4-1)33-23-25-45-42(28-33)43-29-44(31-14-5-2-6-15-31)48-46(47(43)49-45)35-17-11-16-32(26-35)34-22-24-40-38-20-8-7-18-36(38)37-19-9-10-21-39(37)41(40)27-34/h1-7,9-19,21-29H,8,20H2. The average Bonchev–Trinajstić information content (AvgIpc) is 3.56. The first kappa shape index (κ1) is 28.2. The van der Waals surface area contributed by atoms with Gasteiger partial charge in [-0.15, -0.1) is 11.3 Å². The van der Waals surface area contributed by atoms with Crippen molar-refractivity contribution >= 4 is 59.1 Å². The molecule has 0 unspecified atom stereocenters. The van der Waals surface area contributed by atoms with Crippen molar-refractivity contribution in [2.45, 2.75) is 12.8 Å². The summed E-state index contributed by atoms with van der Waals surface area (Å²) in [5, 5.41) is 7.90. The molecule has 1 nitrogen and oxygen atoms in total. The molecule has 9 aromatic rings. The second kappa shape index (κ2) is 11.4. The number of aryl methyl sites for hydroxylation is 1. The number of benzene rings is 7. The quantitative estimate of drug-likeness (QED) is 0.174. The molecule has 0 radical (unpaired) electrons. The van der Waals surface area contributed by atoms with Gasteiger partial charge in [0, 0.05) is 26.6 Å². The Kier molecular flexibility index (Phi) is 6.56. The first-order valence-electron chi connectivity index (χ1n) is 17.0. The lowest BCUT2D eigenvalue weighted by Crippen LogP contribution is -1.98. The van der Waals surface area contributed by atoms with Crippen molar-refractivity contribution in [1.29, 1.82) is 0 Å². The normalized spacial score (nSPS) is 12.7. The predicted molar refractivity (Wildman–Crippen MR) is 211 cm³/mol. The predicted octanol–water partition coefficient (Wildman–Crippen LogP) is 13.4. The Morgan fingerprint density at radius 3 is 1.98 bits per heavy atom. The van der Waals surface area contributed by atoms with Crippen LogP contribution in [0.3, 0.4) is 0 Å². The number of allylic oxidation sites excluding steroid dienone is 1. The van der Waals surface area contributed by atoms with E-state index in [1.165, 1.54) is 75.1 Å². The minimum absolute atomic E-state index is 0.995. The van der Waals surface area contributed by atoms with E-state index in [1.54, 1.807) is 0 Å². The molecule has 0 bridgehead atoms. The van der Waals surface area contributed by atoms with Crippen molar-refractivity contribution in [3.05, 3.63) is 169 Å². The summed E-state index contributed by atoms with van der Waals surface area (Å²) in [6.45, 7) is 0. The number of fused-ring (bicyclic) bond motifs is 9. The molecule has 2 heteroatoms. The minimum atomic E-state index is 0.995. The number of pyridine rings is 1. The molecule has 10 rings (SSSR count). The maximum Gasteiger partial charge on any atom is 0.0888 e. The number of aromatic nitrogens is 1. The van der Waals surface area contributed by atoms with Gasteiger partial charge >= 0.3 is 0 Å². The third-order valence-electron chi connectivity index (χ3n) is 10.1. The fourth-order valence-corrected chi connectivity index (χ4v) is 8.92. The molecular weight excluding hydrogens is 611 g/mol. The number of thiophene rings is 1. The van der Waals surface area contributed by atoms with Crippen LogP contribution in [0, 0.1) is 0 Å². The van der Waals surface area contributed by atoms with E-state index in [4.69, 9.17) is 4.98 Å². The van der Waals surface area contributed by atoms with Gasteiger partial charge in [-0.2, -0.15) is 0 Å². The zero-order chi connectivity index (χ0) is 32.3. The van der Waals surface area contributed by atoms with Crippen LogP contribution in [0.1, 0.15) is 17.5 Å². The van der Waals surface area contributed by atoms with Crippen molar-refractivity contribution < 1.29 is 0 Å². The lowest BCUT2D eigenvalue weighted by molar-refractivity contribution is 1.00. The molecule has 2 aromatic heterocycles. The van der Waals surface area contributed by atoms with Gasteiger partial charge in [-0.1, -0.05) is 133 Å². The highest BCUT2D eigenvalue weighted by molar-refractivity contribution is 7.26. The largest absolute Gasteiger partial charge is 0.246 e. The molecule has 2 heterocycles. The molecular formula is C47H31NS. The van der Waals surface area contributed by atoms with Gasteiger partial charge in [-0.05, 0) is 98.1 Å². The third kappa shape index (κ3) is 4.71. The van der Waals surface area contributed by atoms with Gasteiger partial charge in [0.15, 0.2) is 0 Å². The van der Waals surface area contributed by atoms with Gasteiger partial charge in [0.1, 0.15) is 0 Å². The molecule has 230 valence electrons. The minimum Gasteiger partial charge on any atom is -0.246 e. The molecule has 0 N–H and O–H groups in total. The van der Waals surface area contributed by atoms with Gasteiger partial charge in [0.2, 0.25) is 0 Å². The fourth-order valence-electron chi connectivity index (χ4n) is 7.74. The number of hydrogen-bond donors (Lipinski definition) is 0. The Balaban J connectivity index is 1.17. The maximum absolute atomic E-state index is 5.40. The highest BCUT2D eigenvalue weighted by Gasteiger charge is 2.18. The smallest absolute Gasteiger partial charge is 0.0888 e. The van der Waals surface area contributed by atoms with Crippen LogP contribution in [0.15, 0.2) is 158 Å². The van der Waals surface area contributed by atoms with E-state index in [1.807, 2.05) is 11.3 Å². The highest BCUT2D eigenvalue weighted by atomic mass is 32.1. The van der Waals surface area contributed by atoms with Crippen LogP contribution in [0.5, 0.6) is 0 Å². The molecule has 0 atom stereocenters. The lowest BCUT2D eigenvalue weighted by atomic mass is 9.85. The van der Waals surface area contributed by atoms with Crippen LogP contribution >= 0.6 is 11.3 Å². The summed E-state index contributed by atoms with van der Waals surface area (Å²) in [7, 11) is 0. The molecule has 0 aliphatic heterocycles. The maximum atomic E-state index is 5.40. The van der Waals surface area contributed by atoms with Crippen LogP contribution in [-0.2, 0) is 6.42 Å². The molecule has 1 aliphatic carbocycles. The van der Waals surface area contributed by atoms with E-state index in [0.29, 0.717) is 0 Å². The Morgan fingerprint density at radius 1 is 0.449 bits per heavy atom. The highest BCUT2D eigenvalue weighted by Crippen LogP contribution is 2.44. The molecule has 0 amide bonds. The Bertz CT molecular complexity index is 2750. The SMILES string of the molecule is C1=Cc2c(c3ccc(-c4cccc(-c5nc(-c6ccccc6)cc6c5sc5ccc(-c7ccccc7)cc56)c4)cc3c3ccccc23)CC1. The van der Waals surface area contributed by atoms with E-state index < -0.39 is 0 Å². The van der Waals surface area contributed by atoms with Crippen LogP contribution in [0.4, 0.5) is 0 Å². The van der Waals surface area contributed by atoms with Crippen LogP contribution in [0.25, 0.3) is 92.6 Å². The summed E-state index contributed by atoms with van der Waals surface area (Å²) in [6, 6.07) is 55.3. The number of nitrogens with zero attached hydrogens (tertiary/aromatic N) is 1. The molecule has 49 heavy (non-hydrogen) atoms. The monoisotopic (exact) mass is 641 g/mol. The number of hydrogen-bond acceptors (Lipinski definition) is 2. The molecule has 0 fully saturated rings. The summed E-state index contributed by atoms with van der Waals surface area (Å²) in [5.74, 6) is 0. The Morgan fingerprint density at radius 2 is 1.12 bits per heavy atom. The summed E-state index contributed by atoms with van der Waals surface area (Å²) < 4.78 is 2.50. The summed E-state index contributed by atoms with van der Waals surface area (Å²) in [4.78, 5) is 5.40. The van der Waals surface area contributed by atoms with E-state index in [0.717, 1.165) is 35.4 Å². The van der Waals surface area contributed by atoms with Crippen molar-refractivity contribution in [2.24, 2.45) is 0 Å². The van der Waals surface area contributed by atoms with Crippen LogP contribution in [-0.4, -0.2) is 4.98 Å². The molecule has 0 spiro atoms. The summed E-state index contributed by atoms with van der Waals surface area (Å²) >= 11 is 1.84. The molecule has 0 saturated heterocycles.